The smallest absolute Gasteiger partial charge is 0.262 e. The van der Waals surface area contributed by atoms with E-state index < -0.39 is 0 Å². The lowest BCUT2D eigenvalue weighted by molar-refractivity contribution is 0.0984. The number of aromatic hydroxyl groups is 1. The van der Waals surface area contributed by atoms with Gasteiger partial charge in [0.2, 0.25) is 0 Å². The van der Waals surface area contributed by atoms with Crippen LogP contribution in [-0.2, 0) is 0 Å². The van der Waals surface area contributed by atoms with Crippen molar-refractivity contribution in [3.63, 3.8) is 0 Å². The molecule has 1 amide bonds. The van der Waals surface area contributed by atoms with Gasteiger partial charge in [0.15, 0.2) is 0 Å². The van der Waals surface area contributed by atoms with Gasteiger partial charge in [-0.1, -0.05) is 19.1 Å². The number of hydrogen-bond donors (Lipinski definition) is 2. The maximum Gasteiger partial charge on any atom is 0.262 e. The van der Waals surface area contributed by atoms with Crippen molar-refractivity contribution in [2.24, 2.45) is 0 Å². The number of benzene rings is 2. The molecule has 0 unspecified atom stereocenters. The molecule has 0 fully saturated rings. The van der Waals surface area contributed by atoms with Crippen molar-refractivity contribution in [3.05, 3.63) is 53.6 Å². The van der Waals surface area contributed by atoms with Crippen LogP contribution in [0.1, 0.15) is 29.3 Å². The molecule has 0 aliphatic heterocycles. The number of carbonyl (C=O) groups is 1. The van der Waals surface area contributed by atoms with E-state index in [2.05, 4.69) is 0 Å². The molecule has 110 valence electrons. The van der Waals surface area contributed by atoms with Gasteiger partial charge in [0.05, 0.1) is 5.56 Å². The molecule has 0 saturated carbocycles. The van der Waals surface area contributed by atoms with Crippen LogP contribution in [-0.4, -0.2) is 17.6 Å². The van der Waals surface area contributed by atoms with Crippen LogP contribution in [0.3, 0.4) is 0 Å². The van der Waals surface area contributed by atoms with Gasteiger partial charge in [0.25, 0.3) is 5.91 Å². The van der Waals surface area contributed by atoms with Crippen LogP contribution in [0.5, 0.6) is 5.75 Å². The number of phenols is 1. The van der Waals surface area contributed by atoms with Crippen LogP contribution in [0.15, 0.2) is 42.5 Å². The van der Waals surface area contributed by atoms with Crippen molar-refractivity contribution in [1.29, 1.82) is 0 Å². The number of nitrogens with zero attached hydrogens (tertiary/aromatic N) is 1. The summed E-state index contributed by atoms with van der Waals surface area (Å²) in [6, 6.07) is 12.4. The summed E-state index contributed by atoms with van der Waals surface area (Å²) in [5.74, 6) is -0.165. The van der Waals surface area contributed by atoms with E-state index in [0.717, 1.165) is 12.1 Å². The third-order valence-corrected chi connectivity index (χ3v) is 3.37. The first kappa shape index (κ1) is 14.9. The topological polar surface area (TPSA) is 66.6 Å². The second-order valence-corrected chi connectivity index (χ2v) is 5.02. The zero-order valence-corrected chi connectivity index (χ0v) is 12.3. The predicted octanol–water partition coefficient (Wildman–Crippen LogP) is 3.34. The second kappa shape index (κ2) is 6.31. The van der Waals surface area contributed by atoms with Gasteiger partial charge in [-0.2, -0.15) is 0 Å². The molecule has 3 N–H and O–H groups in total. The summed E-state index contributed by atoms with van der Waals surface area (Å²) in [5.41, 5.74) is 8.13. The quantitative estimate of drug-likeness (QED) is 0.846. The Morgan fingerprint density at radius 1 is 1.19 bits per heavy atom. The molecular formula is C17H20N2O2. The van der Waals surface area contributed by atoms with Gasteiger partial charge < -0.3 is 15.7 Å². The van der Waals surface area contributed by atoms with E-state index in [1.54, 1.807) is 42.2 Å². The van der Waals surface area contributed by atoms with Crippen LogP contribution in [0.25, 0.3) is 0 Å². The number of nitrogen functional groups attached to an aromatic ring is 1. The summed E-state index contributed by atoms with van der Waals surface area (Å²) in [6.07, 6.45) is 0.822. The van der Waals surface area contributed by atoms with E-state index in [0.29, 0.717) is 23.4 Å². The number of anilines is 2. The Balaban J connectivity index is 2.40. The molecule has 4 nitrogen and oxygen atoms in total. The normalized spacial score (nSPS) is 10.4. The standard InChI is InChI=1S/C17H20N2O2/c1-3-11-19(14-9-7-13(18)8-10-14)17(21)15-6-4-5-12(2)16(15)20/h4-10,20H,3,11,18H2,1-2H3. The van der Waals surface area contributed by atoms with E-state index in [-0.39, 0.29) is 11.7 Å². The molecule has 2 aromatic rings. The molecule has 0 saturated heterocycles. The number of para-hydroxylation sites is 1. The average Bonchev–Trinajstić information content (AvgIpc) is 2.48. The highest BCUT2D eigenvalue weighted by Gasteiger charge is 2.20. The number of hydrogen-bond acceptors (Lipinski definition) is 3. The van der Waals surface area contributed by atoms with Crippen LogP contribution >= 0.6 is 0 Å². The second-order valence-electron chi connectivity index (χ2n) is 5.02. The van der Waals surface area contributed by atoms with Crippen LogP contribution in [0.2, 0.25) is 0 Å². The number of phenolic OH excluding ortho intramolecular Hbond substituents is 1. The van der Waals surface area contributed by atoms with Crippen molar-refractivity contribution in [3.8, 4) is 5.75 Å². The molecule has 0 heterocycles. The Morgan fingerprint density at radius 3 is 2.48 bits per heavy atom. The van der Waals surface area contributed by atoms with E-state index in [4.69, 9.17) is 5.73 Å². The lowest BCUT2D eigenvalue weighted by Gasteiger charge is -2.23. The fraction of sp³-hybridized carbons (Fsp3) is 0.235. The Kier molecular flexibility index (Phi) is 4.48. The minimum absolute atomic E-state index is 0.0408. The van der Waals surface area contributed by atoms with Crippen molar-refractivity contribution >= 4 is 17.3 Å². The fourth-order valence-corrected chi connectivity index (χ4v) is 2.20. The van der Waals surface area contributed by atoms with Crippen molar-refractivity contribution in [2.75, 3.05) is 17.2 Å². The van der Waals surface area contributed by atoms with Gasteiger partial charge in [0, 0.05) is 17.9 Å². The molecule has 4 heteroatoms. The van der Waals surface area contributed by atoms with E-state index in [1.807, 2.05) is 19.1 Å². The molecule has 0 aliphatic carbocycles. The number of rotatable bonds is 4. The summed E-state index contributed by atoms with van der Waals surface area (Å²) in [6.45, 7) is 4.36. The third-order valence-electron chi connectivity index (χ3n) is 3.37. The summed E-state index contributed by atoms with van der Waals surface area (Å²) >= 11 is 0. The summed E-state index contributed by atoms with van der Waals surface area (Å²) in [5, 5.41) is 10.1. The zero-order chi connectivity index (χ0) is 15.4. The maximum absolute atomic E-state index is 12.7. The third kappa shape index (κ3) is 3.16. The number of nitrogens with two attached hydrogens (primary N) is 1. The van der Waals surface area contributed by atoms with Crippen LogP contribution in [0, 0.1) is 6.92 Å². The minimum Gasteiger partial charge on any atom is -0.507 e. The van der Waals surface area contributed by atoms with Gasteiger partial charge in [-0.15, -0.1) is 0 Å². The Bertz CT molecular complexity index is 636. The first-order valence-electron chi connectivity index (χ1n) is 7.00. The molecule has 0 spiro atoms. The van der Waals surface area contributed by atoms with Crippen LogP contribution < -0.4 is 10.6 Å². The molecular weight excluding hydrogens is 264 g/mol. The summed E-state index contributed by atoms with van der Waals surface area (Å²) in [4.78, 5) is 14.4. The molecule has 0 aliphatic rings. The highest BCUT2D eigenvalue weighted by Crippen LogP contribution is 2.26. The van der Waals surface area contributed by atoms with Crippen molar-refractivity contribution < 1.29 is 9.90 Å². The van der Waals surface area contributed by atoms with Gasteiger partial charge in [-0.3, -0.25) is 4.79 Å². The molecule has 0 atom stereocenters. The SMILES string of the molecule is CCCN(C(=O)c1cccc(C)c1O)c1ccc(N)cc1. The molecule has 0 radical (unpaired) electrons. The number of amides is 1. The minimum atomic E-state index is -0.206. The lowest BCUT2D eigenvalue weighted by Crippen LogP contribution is -2.31. The highest BCUT2D eigenvalue weighted by molar-refractivity contribution is 6.08. The monoisotopic (exact) mass is 284 g/mol. The van der Waals surface area contributed by atoms with E-state index in [1.165, 1.54) is 0 Å². The van der Waals surface area contributed by atoms with Crippen molar-refractivity contribution in [2.45, 2.75) is 20.3 Å². The first-order valence-corrected chi connectivity index (χ1v) is 7.00. The molecule has 0 aromatic heterocycles. The zero-order valence-electron chi connectivity index (χ0n) is 12.3. The predicted molar refractivity (Wildman–Crippen MR) is 85.7 cm³/mol. The maximum atomic E-state index is 12.7. The largest absolute Gasteiger partial charge is 0.507 e. The molecule has 2 rings (SSSR count). The van der Waals surface area contributed by atoms with E-state index >= 15 is 0 Å². The van der Waals surface area contributed by atoms with Crippen LogP contribution in [0.4, 0.5) is 11.4 Å². The van der Waals surface area contributed by atoms with Gasteiger partial charge in [-0.05, 0) is 49.2 Å². The van der Waals surface area contributed by atoms with Gasteiger partial charge >= 0.3 is 0 Å². The fourth-order valence-electron chi connectivity index (χ4n) is 2.20. The van der Waals surface area contributed by atoms with Gasteiger partial charge in [0.1, 0.15) is 5.75 Å². The Hall–Kier alpha value is -2.49. The number of carbonyl (C=O) groups excluding carboxylic acids is 1. The Morgan fingerprint density at radius 2 is 1.86 bits per heavy atom. The summed E-state index contributed by atoms with van der Waals surface area (Å²) in [7, 11) is 0. The number of aryl methyl sites for hydroxylation is 1. The highest BCUT2D eigenvalue weighted by atomic mass is 16.3. The lowest BCUT2D eigenvalue weighted by atomic mass is 10.1. The molecule has 2 aromatic carbocycles. The Labute approximate surface area is 124 Å². The summed E-state index contributed by atoms with van der Waals surface area (Å²) < 4.78 is 0. The first-order chi connectivity index (χ1) is 10.0. The van der Waals surface area contributed by atoms with Gasteiger partial charge in [-0.25, -0.2) is 0 Å². The average molecular weight is 284 g/mol. The molecule has 21 heavy (non-hydrogen) atoms. The van der Waals surface area contributed by atoms with E-state index in [9.17, 15) is 9.90 Å². The molecule has 0 bridgehead atoms. The van der Waals surface area contributed by atoms with Crippen molar-refractivity contribution in [1.82, 2.24) is 0 Å².